The zero-order chi connectivity index (χ0) is 21.4. The number of halogens is 3. The molecule has 0 aliphatic carbocycles. The first-order chi connectivity index (χ1) is 13.5. The molecule has 3 rings (SSSR count). The third kappa shape index (κ3) is 4.52. The van der Waals surface area contributed by atoms with Crippen LogP contribution in [0.4, 0.5) is 24.5 Å². The Bertz CT molecular complexity index is 937. The summed E-state index contributed by atoms with van der Waals surface area (Å²) in [5, 5.41) is 2.56. The van der Waals surface area contributed by atoms with Gasteiger partial charge in [0.1, 0.15) is 5.75 Å². The van der Waals surface area contributed by atoms with E-state index in [1.54, 1.807) is 19.9 Å². The van der Waals surface area contributed by atoms with Gasteiger partial charge < -0.3 is 15.0 Å². The molecule has 2 amide bonds. The van der Waals surface area contributed by atoms with Crippen molar-refractivity contribution in [2.45, 2.75) is 39.0 Å². The highest BCUT2D eigenvalue weighted by Crippen LogP contribution is 2.38. The van der Waals surface area contributed by atoms with Crippen LogP contribution in [0.1, 0.15) is 31.4 Å². The number of carbonyl (C=O) groups excluding carboxylic acids is 2. The number of fused-ring (bicyclic) bond motifs is 1. The molecule has 2 aromatic rings. The first-order valence-electron chi connectivity index (χ1n) is 9.06. The van der Waals surface area contributed by atoms with Crippen molar-refractivity contribution in [3.05, 3.63) is 53.6 Å². The van der Waals surface area contributed by atoms with Crippen LogP contribution in [0.3, 0.4) is 0 Å². The molecule has 1 N–H and O–H groups in total. The molecule has 0 bridgehead atoms. The minimum atomic E-state index is -4.43. The standard InChI is InChI=1S/C21H21F3N2O3/c1-13-4-9-17-16(12-13)26(19(28)20(2,3)29-17)11-10-18(27)25-15-7-5-14(6-8-15)21(22,23)24/h4-9,12H,10-11H2,1-3H3,(H,25,27). The summed E-state index contributed by atoms with van der Waals surface area (Å²) < 4.78 is 43.6. The van der Waals surface area contributed by atoms with Crippen LogP contribution >= 0.6 is 0 Å². The van der Waals surface area contributed by atoms with Crippen LogP contribution in [0.25, 0.3) is 0 Å². The molecular formula is C21H21F3N2O3. The van der Waals surface area contributed by atoms with Crippen LogP contribution in [0.2, 0.25) is 0 Å². The molecule has 0 spiro atoms. The van der Waals surface area contributed by atoms with Gasteiger partial charge in [0.15, 0.2) is 5.60 Å². The van der Waals surface area contributed by atoms with E-state index in [0.29, 0.717) is 11.4 Å². The quantitative estimate of drug-likeness (QED) is 0.811. The molecule has 154 valence electrons. The lowest BCUT2D eigenvalue weighted by molar-refractivity contribution is -0.137. The van der Waals surface area contributed by atoms with Gasteiger partial charge in [-0.15, -0.1) is 0 Å². The van der Waals surface area contributed by atoms with E-state index >= 15 is 0 Å². The minimum Gasteiger partial charge on any atom is -0.476 e. The zero-order valence-electron chi connectivity index (χ0n) is 16.3. The van der Waals surface area contributed by atoms with Gasteiger partial charge in [-0.05, 0) is 62.7 Å². The predicted octanol–water partition coefficient (Wildman–Crippen LogP) is 4.55. The topological polar surface area (TPSA) is 58.6 Å². The molecule has 29 heavy (non-hydrogen) atoms. The Morgan fingerprint density at radius 3 is 2.41 bits per heavy atom. The monoisotopic (exact) mass is 406 g/mol. The van der Waals surface area contributed by atoms with Crippen molar-refractivity contribution in [3.63, 3.8) is 0 Å². The van der Waals surface area contributed by atoms with Gasteiger partial charge in [0.25, 0.3) is 5.91 Å². The van der Waals surface area contributed by atoms with Crippen molar-refractivity contribution in [2.75, 3.05) is 16.8 Å². The molecule has 2 aromatic carbocycles. The smallest absolute Gasteiger partial charge is 0.416 e. The number of nitrogens with one attached hydrogen (secondary N) is 1. The number of carbonyl (C=O) groups is 2. The zero-order valence-corrected chi connectivity index (χ0v) is 16.3. The average Bonchev–Trinajstić information content (AvgIpc) is 2.62. The lowest BCUT2D eigenvalue weighted by atomic mass is 10.0. The summed E-state index contributed by atoms with van der Waals surface area (Å²) in [6, 6.07) is 9.68. The first-order valence-corrected chi connectivity index (χ1v) is 9.06. The van der Waals surface area contributed by atoms with Gasteiger partial charge in [0.05, 0.1) is 11.3 Å². The predicted molar refractivity (Wildman–Crippen MR) is 103 cm³/mol. The molecule has 0 saturated carbocycles. The number of alkyl halides is 3. The van der Waals surface area contributed by atoms with Gasteiger partial charge in [-0.3, -0.25) is 9.59 Å². The molecule has 1 aliphatic heterocycles. The van der Waals surface area contributed by atoms with Crippen LogP contribution < -0.4 is 15.0 Å². The van der Waals surface area contributed by atoms with Gasteiger partial charge >= 0.3 is 6.18 Å². The number of rotatable bonds is 4. The summed E-state index contributed by atoms with van der Waals surface area (Å²) in [7, 11) is 0. The fourth-order valence-electron chi connectivity index (χ4n) is 3.08. The molecule has 1 aliphatic rings. The van der Waals surface area contributed by atoms with Crippen molar-refractivity contribution in [1.29, 1.82) is 0 Å². The molecule has 0 fully saturated rings. The third-order valence-electron chi connectivity index (χ3n) is 4.59. The fourth-order valence-corrected chi connectivity index (χ4v) is 3.08. The molecule has 0 radical (unpaired) electrons. The van der Waals surface area contributed by atoms with Crippen molar-refractivity contribution >= 4 is 23.2 Å². The number of ether oxygens (including phenoxy) is 1. The van der Waals surface area contributed by atoms with Crippen molar-refractivity contribution in [1.82, 2.24) is 0 Å². The number of hydrogen-bond acceptors (Lipinski definition) is 3. The summed E-state index contributed by atoms with van der Waals surface area (Å²) in [5.41, 5.74) is -0.0567. The lowest BCUT2D eigenvalue weighted by Gasteiger charge is -2.38. The van der Waals surface area contributed by atoms with Gasteiger partial charge in [0, 0.05) is 18.7 Å². The maximum atomic E-state index is 12.8. The van der Waals surface area contributed by atoms with E-state index in [9.17, 15) is 22.8 Å². The Kier molecular flexibility index (Phi) is 5.30. The second-order valence-corrected chi connectivity index (χ2v) is 7.41. The highest BCUT2D eigenvalue weighted by atomic mass is 19.4. The first kappa shape index (κ1) is 20.7. The van der Waals surface area contributed by atoms with E-state index in [2.05, 4.69) is 5.32 Å². The second-order valence-electron chi connectivity index (χ2n) is 7.41. The van der Waals surface area contributed by atoms with E-state index in [4.69, 9.17) is 4.74 Å². The van der Waals surface area contributed by atoms with Gasteiger partial charge in [0.2, 0.25) is 5.91 Å². The molecule has 0 atom stereocenters. The molecule has 0 unspecified atom stereocenters. The fraction of sp³-hybridized carbons (Fsp3) is 0.333. The Morgan fingerprint density at radius 1 is 1.14 bits per heavy atom. The maximum absolute atomic E-state index is 12.8. The SMILES string of the molecule is Cc1ccc2c(c1)N(CCC(=O)Nc1ccc(C(F)(F)F)cc1)C(=O)C(C)(C)O2. The summed E-state index contributed by atoms with van der Waals surface area (Å²) in [6.07, 6.45) is -4.45. The maximum Gasteiger partial charge on any atom is 0.416 e. The number of anilines is 2. The average molecular weight is 406 g/mol. The largest absolute Gasteiger partial charge is 0.476 e. The number of hydrogen-bond donors (Lipinski definition) is 1. The third-order valence-corrected chi connectivity index (χ3v) is 4.59. The summed E-state index contributed by atoms with van der Waals surface area (Å²) in [5.74, 6) is -0.114. The van der Waals surface area contributed by atoms with Crippen LogP contribution in [0, 0.1) is 6.92 Å². The molecule has 8 heteroatoms. The van der Waals surface area contributed by atoms with E-state index in [0.717, 1.165) is 17.7 Å². The van der Waals surface area contributed by atoms with Gasteiger partial charge in [-0.25, -0.2) is 0 Å². The highest BCUT2D eigenvalue weighted by Gasteiger charge is 2.40. The Balaban J connectivity index is 1.69. The summed E-state index contributed by atoms with van der Waals surface area (Å²) in [6.45, 7) is 5.33. The van der Waals surface area contributed by atoms with Gasteiger partial charge in [-0.2, -0.15) is 13.2 Å². The normalized spacial score (nSPS) is 15.5. The highest BCUT2D eigenvalue weighted by molar-refractivity contribution is 6.03. The van der Waals surface area contributed by atoms with Crippen LogP contribution in [0.15, 0.2) is 42.5 Å². The van der Waals surface area contributed by atoms with Crippen molar-refractivity contribution < 1.29 is 27.5 Å². The van der Waals surface area contributed by atoms with Crippen LogP contribution in [-0.4, -0.2) is 24.0 Å². The lowest BCUT2D eigenvalue weighted by Crippen LogP contribution is -2.53. The molecule has 5 nitrogen and oxygen atoms in total. The Morgan fingerprint density at radius 2 is 1.79 bits per heavy atom. The Labute approximate surface area is 166 Å². The molecule has 0 saturated heterocycles. The van der Waals surface area contributed by atoms with Gasteiger partial charge in [-0.1, -0.05) is 6.07 Å². The van der Waals surface area contributed by atoms with E-state index < -0.39 is 23.2 Å². The molecular weight excluding hydrogens is 385 g/mol. The molecule has 0 aromatic heterocycles. The minimum absolute atomic E-state index is 0.0176. The molecule has 1 heterocycles. The van der Waals surface area contributed by atoms with E-state index in [1.807, 2.05) is 19.1 Å². The number of aryl methyl sites for hydroxylation is 1. The Hall–Kier alpha value is -3.03. The van der Waals surface area contributed by atoms with Crippen LogP contribution in [0.5, 0.6) is 5.75 Å². The number of benzene rings is 2. The summed E-state index contributed by atoms with van der Waals surface area (Å²) >= 11 is 0. The van der Waals surface area contributed by atoms with Crippen molar-refractivity contribution in [3.8, 4) is 5.75 Å². The van der Waals surface area contributed by atoms with Crippen molar-refractivity contribution in [2.24, 2.45) is 0 Å². The second kappa shape index (κ2) is 7.42. The summed E-state index contributed by atoms with van der Waals surface area (Å²) in [4.78, 5) is 26.6. The van der Waals surface area contributed by atoms with E-state index in [-0.39, 0.29) is 24.6 Å². The van der Waals surface area contributed by atoms with E-state index in [1.165, 1.54) is 17.0 Å². The van der Waals surface area contributed by atoms with Crippen LogP contribution in [-0.2, 0) is 15.8 Å². The number of amides is 2. The number of nitrogens with zero attached hydrogens (tertiary/aromatic N) is 1.